The molecule has 1 rings (SSSR count). The van der Waals surface area contributed by atoms with Crippen LogP contribution in [0.1, 0.15) is 34.1 Å². The van der Waals surface area contributed by atoms with Crippen LogP contribution in [0.5, 0.6) is 0 Å². The highest BCUT2D eigenvalue weighted by Crippen LogP contribution is 2.24. The van der Waals surface area contributed by atoms with E-state index in [0.29, 0.717) is 25.7 Å². The van der Waals surface area contributed by atoms with Crippen molar-refractivity contribution in [1.29, 1.82) is 0 Å². The van der Waals surface area contributed by atoms with Gasteiger partial charge in [0, 0.05) is 6.54 Å². The summed E-state index contributed by atoms with van der Waals surface area (Å²) in [7, 11) is 1.36. The zero-order chi connectivity index (χ0) is 15.3. The third-order valence-corrected chi connectivity index (χ3v) is 3.95. The van der Waals surface area contributed by atoms with Crippen LogP contribution in [-0.2, 0) is 19.1 Å². The fourth-order valence-corrected chi connectivity index (χ4v) is 2.53. The lowest BCUT2D eigenvalue weighted by atomic mass is 9.89. The van der Waals surface area contributed by atoms with Crippen LogP contribution in [0.25, 0.3) is 0 Å². The molecule has 0 bridgehead atoms. The van der Waals surface area contributed by atoms with E-state index in [4.69, 9.17) is 9.47 Å². The second kappa shape index (κ2) is 7.62. The van der Waals surface area contributed by atoms with Crippen LogP contribution < -0.4 is 0 Å². The van der Waals surface area contributed by atoms with E-state index < -0.39 is 0 Å². The number of carbonyl (C=O) groups is 2. The minimum atomic E-state index is -0.327. The molecule has 0 saturated carbocycles. The van der Waals surface area contributed by atoms with E-state index in [0.717, 1.165) is 0 Å². The zero-order valence-corrected chi connectivity index (χ0v) is 13.2. The van der Waals surface area contributed by atoms with Crippen LogP contribution in [0.4, 0.5) is 0 Å². The fraction of sp³-hybridized carbons (Fsp3) is 0.867. The van der Waals surface area contributed by atoms with Crippen molar-refractivity contribution >= 4 is 11.9 Å². The average molecular weight is 285 g/mol. The number of amides is 1. The first kappa shape index (κ1) is 17.0. The molecule has 5 heteroatoms. The van der Waals surface area contributed by atoms with Crippen molar-refractivity contribution in [1.82, 2.24) is 4.90 Å². The molecular weight excluding hydrogens is 258 g/mol. The molecule has 0 unspecified atom stereocenters. The number of rotatable bonds is 5. The van der Waals surface area contributed by atoms with Gasteiger partial charge in [0.05, 0.1) is 38.7 Å². The summed E-state index contributed by atoms with van der Waals surface area (Å²) in [4.78, 5) is 26.2. The van der Waals surface area contributed by atoms with Crippen LogP contribution in [-0.4, -0.2) is 49.7 Å². The Hall–Kier alpha value is -1.10. The largest absolute Gasteiger partial charge is 0.469 e. The predicted octanol–water partition coefficient (Wildman–Crippen LogP) is 1.71. The Bertz CT molecular complexity index is 341. The van der Waals surface area contributed by atoms with Gasteiger partial charge in [-0.05, 0) is 11.8 Å². The van der Waals surface area contributed by atoms with Gasteiger partial charge in [0.15, 0.2) is 0 Å². The van der Waals surface area contributed by atoms with Gasteiger partial charge in [-0.2, -0.15) is 0 Å². The van der Waals surface area contributed by atoms with Crippen molar-refractivity contribution < 1.29 is 19.1 Å². The summed E-state index contributed by atoms with van der Waals surface area (Å²) in [6, 6.07) is 0.0927. The normalized spacial score (nSPS) is 21.1. The Morgan fingerprint density at radius 1 is 1.30 bits per heavy atom. The molecule has 2 atom stereocenters. The minimum absolute atomic E-state index is 0.0485. The molecule has 1 saturated heterocycles. The summed E-state index contributed by atoms with van der Waals surface area (Å²) in [6.45, 7) is 9.86. The van der Waals surface area contributed by atoms with E-state index in [1.165, 1.54) is 7.11 Å². The third-order valence-electron chi connectivity index (χ3n) is 3.95. The number of nitrogens with zero attached hydrogens (tertiary/aromatic N) is 1. The molecule has 0 N–H and O–H groups in total. The third kappa shape index (κ3) is 4.20. The quantitative estimate of drug-likeness (QED) is 0.722. The van der Waals surface area contributed by atoms with Gasteiger partial charge in [0.25, 0.3) is 0 Å². The standard InChI is InChI=1S/C15H27NO4/c1-10(2)12(8-14(17)19-5)15(18)16-6-7-20-9-13(16)11(3)4/h10-13H,6-9H2,1-5H3/t12-,13-/m0/s1. The molecule has 0 aliphatic carbocycles. The SMILES string of the molecule is COC(=O)C[C@H](C(=O)N1CCOC[C@H]1C(C)C)C(C)C. The van der Waals surface area contributed by atoms with Crippen LogP contribution in [0.3, 0.4) is 0 Å². The average Bonchev–Trinajstić information content (AvgIpc) is 2.43. The van der Waals surface area contributed by atoms with Gasteiger partial charge in [0.2, 0.25) is 5.91 Å². The van der Waals surface area contributed by atoms with E-state index in [9.17, 15) is 9.59 Å². The first-order valence-electron chi connectivity index (χ1n) is 7.33. The summed E-state index contributed by atoms with van der Waals surface area (Å²) >= 11 is 0. The lowest BCUT2D eigenvalue weighted by Gasteiger charge is -2.40. The van der Waals surface area contributed by atoms with Gasteiger partial charge in [-0.25, -0.2) is 0 Å². The molecule has 1 fully saturated rings. The van der Waals surface area contributed by atoms with Gasteiger partial charge >= 0.3 is 5.97 Å². The lowest BCUT2D eigenvalue weighted by molar-refractivity contribution is -0.153. The number of ether oxygens (including phenoxy) is 2. The molecule has 20 heavy (non-hydrogen) atoms. The van der Waals surface area contributed by atoms with Gasteiger partial charge in [-0.3, -0.25) is 9.59 Å². The predicted molar refractivity (Wildman–Crippen MR) is 76.1 cm³/mol. The first-order chi connectivity index (χ1) is 9.38. The molecule has 1 amide bonds. The number of hydrogen-bond acceptors (Lipinski definition) is 4. The van der Waals surface area contributed by atoms with Gasteiger partial charge in [0.1, 0.15) is 0 Å². The monoisotopic (exact) mass is 285 g/mol. The number of carbonyl (C=O) groups excluding carboxylic acids is 2. The summed E-state index contributed by atoms with van der Waals surface area (Å²) in [5.74, 6) is -0.150. The van der Waals surface area contributed by atoms with Gasteiger partial charge < -0.3 is 14.4 Å². The van der Waals surface area contributed by atoms with Crippen LogP contribution in [0.15, 0.2) is 0 Å². The molecule has 0 aromatic carbocycles. The second-order valence-corrected chi connectivity index (χ2v) is 6.05. The Balaban J connectivity index is 2.83. The first-order valence-corrected chi connectivity index (χ1v) is 7.33. The van der Waals surface area contributed by atoms with Crippen molar-refractivity contribution in [3.05, 3.63) is 0 Å². The number of methoxy groups -OCH3 is 1. The van der Waals surface area contributed by atoms with Crippen molar-refractivity contribution in [3.63, 3.8) is 0 Å². The highest BCUT2D eigenvalue weighted by atomic mass is 16.5. The molecule has 0 aromatic rings. The van der Waals surface area contributed by atoms with Gasteiger partial charge in [-0.1, -0.05) is 27.7 Å². The van der Waals surface area contributed by atoms with Crippen molar-refractivity contribution in [3.8, 4) is 0 Å². The van der Waals surface area contributed by atoms with Crippen LogP contribution in [0, 0.1) is 17.8 Å². The molecule has 1 aliphatic rings. The number of esters is 1. The summed E-state index contributed by atoms with van der Waals surface area (Å²) < 4.78 is 10.2. The molecule has 5 nitrogen and oxygen atoms in total. The summed E-state index contributed by atoms with van der Waals surface area (Å²) in [6.07, 6.45) is 0.148. The van der Waals surface area contributed by atoms with E-state index in [1.54, 1.807) is 0 Å². The topological polar surface area (TPSA) is 55.8 Å². The highest BCUT2D eigenvalue weighted by Gasteiger charge is 2.35. The van der Waals surface area contributed by atoms with Crippen molar-refractivity contribution in [2.24, 2.45) is 17.8 Å². The molecular formula is C15H27NO4. The Morgan fingerprint density at radius 2 is 1.95 bits per heavy atom. The van der Waals surface area contributed by atoms with Crippen LogP contribution in [0.2, 0.25) is 0 Å². The summed E-state index contributed by atoms with van der Waals surface area (Å²) in [5.41, 5.74) is 0. The molecule has 0 aromatic heterocycles. The van der Waals surface area contributed by atoms with Crippen molar-refractivity contribution in [2.75, 3.05) is 26.9 Å². The van der Waals surface area contributed by atoms with Gasteiger partial charge in [-0.15, -0.1) is 0 Å². The van der Waals surface area contributed by atoms with Crippen molar-refractivity contribution in [2.45, 2.75) is 40.2 Å². The molecule has 116 valence electrons. The molecule has 1 heterocycles. The summed E-state index contributed by atoms with van der Waals surface area (Å²) in [5, 5.41) is 0. The maximum absolute atomic E-state index is 12.8. The Morgan fingerprint density at radius 3 is 2.45 bits per heavy atom. The van der Waals surface area contributed by atoms with Crippen LogP contribution >= 0.6 is 0 Å². The second-order valence-electron chi connectivity index (χ2n) is 6.05. The van der Waals surface area contributed by atoms with E-state index in [-0.39, 0.29) is 36.2 Å². The molecule has 0 radical (unpaired) electrons. The minimum Gasteiger partial charge on any atom is -0.469 e. The fourth-order valence-electron chi connectivity index (χ4n) is 2.53. The maximum Gasteiger partial charge on any atom is 0.306 e. The lowest BCUT2D eigenvalue weighted by Crippen LogP contribution is -2.53. The van der Waals surface area contributed by atoms with E-state index in [2.05, 4.69) is 13.8 Å². The van der Waals surface area contributed by atoms with E-state index in [1.807, 2.05) is 18.7 Å². The van der Waals surface area contributed by atoms with E-state index >= 15 is 0 Å². The molecule has 0 spiro atoms. The Labute approximate surface area is 121 Å². The maximum atomic E-state index is 12.8. The Kier molecular flexibility index (Phi) is 6.46. The zero-order valence-electron chi connectivity index (χ0n) is 13.2. The molecule has 1 aliphatic heterocycles. The number of hydrogen-bond donors (Lipinski definition) is 0. The number of morpholine rings is 1. The highest BCUT2D eigenvalue weighted by molar-refractivity contribution is 5.84. The smallest absolute Gasteiger partial charge is 0.306 e.